The minimum Gasteiger partial charge on any atom is -0.493 e. The number of benzene rings is 2. The van der Waals surface area contributed by atoms with Crippen LogP contribution in [0.2, 0.25) is 0 Å². The first-order valence-corrected chi connectivity index (χ1v) is 8.19. The van der Waals surface area contributed by atoms with Gasteiger partial charge in [0.15, 0.2) is 23.0 Å². The van der Waals surface area contributed by atoms with Crippen molar-refractivity contribution in [3.05, 3.63) is 41.5 Å². The molecule has 3 rings (SSSR count). The quantitative estimate of drug-likeness (QED) is 0.618. The van der Waals surface area contributed by atoms with E-state index in [9.17, 15) is 4.79 Å². The van der Waals surface area contributed by atoms with Crippen LogP contribution in [0.15, 0.2) is 35.4 Å². The Kier molecular flexibility index (Phi) is 5.65. The standard InChI is InChI=1S/C19H20N2O6/c1-23-14-5-4-13(10-15(14)24-2)19(22)21-20-11-12-8-16(25-3)18-17(9-12)26-6-7-27-18/h4-5,8-11H,6-7H2,1-3H3,(H,21,22)/b20-11-. The van der Waals surface area contributed by atoms with E-state index in [1.165, 1.54) is 20.4 Å². The molecular formula is C19H20N2O6. The van der Waals surface area contributed by atoms with Crippen molar-refractivity contribution < 1.29 is 28.5 Å². The summed E-state index contributed by atoms with van der Waals surface area (Å²) in [6, 6.07) is 8.38. The zero-order valence-corrected chi connectivity index (χ0v) is 15.3. The monoisotopic (exact) mass is 372 g/mol. The van der Waals surface area contributed by atoms with Gasteiger partial charge in [0, 0.05) is 11.1 Å². The molecule has 0 atom stereocenters. The fourth-order valence-electron chi connectivity index (χ4n) is 2.58. The van der Waals surface area contributed by atoms with E-state index < -0.39 is 0 Å². The van der Waals surface area contributed by atoms with E-state index in [-0.39, 0.29) is 5.91 Å². The van der Waals surface area contributed by atoms with E-state index in [2.05, 4.69) is 10.5 Å². The maximum Gasteiger partial charge on any atom is 0.271 e. The van der Waals surface area contributed by atoms with Gasteiger partial charge in [0.05, 0.1) is 27.5 Å². The van der Waals surface area contributed by atoms with Crippen molar-refractivity contribution in [2.24, 2.45) is 5.10 Å². The summed E-state index contributed by atoms with van der Waals surface area (Å²) in [4.78, 5) is 12.3. The SMILES string of the molecule is COc1ccc(C(=O)N/N=C\c2cc(OC)c3c(c2)OCCO3)cc1OC. The number of amides is 1. The van der Waals surface area contributed by atoms with Crippen LogP contribution in [0.5, 0.6) is 28.7 Å². The first-order chi connectivity index (χ1) is 13.2. The largest absolute Gasteiger partial charge is 0.493 e. The molecule has 1 amide bonds. The van der Waals surface area contributed by atoms with Gasteiger partial charge in [-0.25, -0.2) is 5.43 Å². The van der Waals surface area contributed by atoms with Gasteiger partial charge in [-0.2, -0.15) is 5.10 Å². The lowest BCUT2D eigenvalue weighted by atomic mass is 10.2. The first-order valence-electron chi connectivity index (χ1n) is 8.19. The molecule has 0 unspecified atom stereocenters. The summed E-state index contributed by atoms with van der Waals surface area (Å²) in [5.41, 5.74) is 3.57. The molecule has 2 aromatic carbocycles. The number of rotatable bonds is 6. The van der Waals surface area contributed by atoms with Crippen LogP contribution in [0.3, 0.4) is 0 Å². The van der Waals surface area contributed by atoms with Crippen molar-refractivity contribution >= 4 is 12.1 Å². The second-order valence-electron chi connectivity index (χ2n) is 5.52. The lowest BCUT2D eigenvalue weighted by Crippen LogP contribution is -2.18. The fraction of sp³-hybridized carbons (Fsp3) is 0.263. The third kappa shape index (κ3) is 4.05. The zero-order valence-electron chi connectivity index (χ0n) is 15.3. The molecule has 0 aromatic heterocycles. The number of methoxy groups -OCH3 is 3. The molecule has 8 nitrogen and oxygen atoms in total. The Morgan fingerprint density at radius 3 is 2.48 bits per heavy atom. The van der Waals surface area contributed by atoms with Crippen LogP contribution in [0.1, 0.15) is 15.9 Å². The Balaban J connectivity index is 1.73. The molecule has 0 fully saturated rings. The topological polar surface area (TPSA) is 87.6 Å². The predicted molar refractivity (Wildman–Crippen MR) is 98.6 cm³/mol. The van der Waals surface area contributed by atoms with Crippen LogP contribution in [0.25, 0.3) is 0 Å². The van der Waals surface area contributed by atoms with Gasteiger partial charge < -0.3 is 23.7 Å². The molecule has 1 heterocycles. The number of nitrogens with one attached hydrogen (secondary N) is 1. The molecule has 0 saturated heterocycles. The summed E-state index contributed by atoms with van der Waals surface area (Å²) in [6.45, 7) is 0.935. The van der Waals surface area contributed by atoms with Crippen molar-refractivity contribution in [1.82, 2.24) is 5.43 Å². The number of carbonyl (C=O) groups excluding carboxylic acids is 1. The van der Waals surface area contributed by atoms with Crippen molar-refractivity contribution in [2.45, 2.75) is 0 Å². The molecule has 0 saturated carbocycles. The van der Waals surface area contributed by atoms with E-state index >= 15 is 0 Å². The minimum atomic E-state index is -0.378. The first kappa shape index (κ1) is 18.4. The van der Waals surface area contributed by atoms with Crippen LogP contribution >= 0.6 is 0 Å². The molecule has 27 heavy (non-hydrogen) atoms. The van der Waals surface area contributed by atoms with E-state index in [1.54, 1.807) is 37.4 Å². The normalized spacial score (nSPS) is 12.6. The van der Waals surface area contributed by atoms with E-state index in [0.29, 0.717) is 53.1 Å². The smallest absolute Gasteiger partial charge is 0.271 e. The fourth-order valence-corrected chi connectivity index (χ4v) is 2.58. The maximum atomic E-state index is 12.3. The number of hydrazone groups is 1. The average molecular weight is 372 g/mol. The molecule has 1 N–H and O–H groups in total. The lowest BCUT2D eigenvalue weighted by Gasteiger charge is -2.20. The third-order valence-electron chi connectivity index (χ3n) is 3.88. The van der Waals surface area contributed by atoms with Gasteiger partial charge in [-0.15, -0.1) is 0 Å². The Hall–Kier alpha value is -3.42. The third-order valence-corrected chi connectivity index (χ3v) is 3.88. The van der Waals surface area contributed by atoms with Crippen LogP contribution in [-0.4, -0.2) is 46.7 Å². The number of fused-ring (bicyclic) bond motifs is 1. The van der Waals surface area contributed by atoms with Gasteiger partial charge in [-0.3, -0.25) is 4.79 Å². The second-order valence-corrected chi connectivity index (χ2v) is 5.52. The molecule has 0 spiro atoms. The Bertz CT molecular complexity index is 848. The highest BCUT2D eigenvalue weighted by molar-refractivity contribution is 5.95. The highest BCUT2D eigenvalue weighted by atomic mass is 16.6. The van der Waals surface area contributed by atoms with E-state index in [1.807, 2.05) is 0 Å². The van der Waals surface area contributed by atoms with Gasteiger partial charge in [0.1, 0.15) is 13.2 Å². The van der Waals surface area contributed by atoms with Crippen LogP contribution < -0.4 is 29.1 Å². The van der Waals surface area contributed by atoms with Crippen LogP contribution in [-0.2, 0) is 0 Å². The van der Waals surface area contributed by atoms with Crippen molar-refractivity contribution in [3.8, 4) is 28.7 Å². The van der Waals surface area contributed by atoms with Crippen LogP contribution in [0, 0.1) is 0 Å². The van der Waals surface area contributed by atoms with Gasteiger partial charge in [-0.1, -0.05) is 0 Å². The summed E-state index contributed by atoms with van der Waals surface area (Å²) < 4.78 is 26.8. The zero-order chi connectivity index (χ0) is 19.2. The van der Waals surface area contributed by atoms with E-state index in [4.69, 9.17) is 23.7 Å². The number of nitrogens with zero attached hydrogens (tertiary/aromatic N) is 1. The molecule has 2 aromatic rings. The molecule has 0 aliphatic carbocycles. The molecule has 8 heteroatoms. The van der Waals surface area contributed by atoms with Crippen molar-refractivity contribution in [1.29, 1.82) is 0 Å². The van der Waals surface area contributed by atoms with Gasteiger partial charge in [-0.05, 0) is 30.3 Å². The van der Waals surface area contributed by atoms with Gasteiger partial charge in [0.25, 0.3) is 5.91 Å². The molecule has 0 bridgehead atoms. The summed E-state index contributed by atoms with van der Waals surface area (Å²) in [7, 11) is 4.59. The number of hydrogen-bond acceptors (Lipinski definition) is 7. The molecule has 1 aliphatic rings. The Morgan fingerprint density at radius 1 is 1.00 bits per heavy atom. The van der Waals surface area contributed by atoms with Crippen molar-refractivity contribution in [3.63, 3.8) is 0 Å². The maximum absolute atomic E-state index is 12.3. The predicted octanol–water partition coefficient (Wildman–Crippen LogP) is 2.25. The molecule has 142 valence electrons. The van der Waals surface area contributed by atoms with E-state index in [0.717, 1.165) is 0 Å². The van der Waals surface area contributed by atoms with Crippen molar-refractivity contribution in [2.75, 3.05) is 34.5 Å². The van der Waals surface area contributed by atoms with Crippen LogP contribution in [0.4, 0.5) is 0 Å². The molecular weight excluding hydrogens is 352 g/mol. The lowest BCUT2D eigenvalue weighted by molar-refractivity contribution is 0.0954. The summed E-state index contributed by atoms with van der Waals surface area (Å²) in [5.74, 6) is 2.31. The molecule has 0 radical (unpaired) electrons. The number of ether oxygens (including phenoxy) is 5. The average Bonchev–Trinajstić information content (AvgIpc) is 2.72. The number of carbonyl (C=O) groups is 1. The highest BCUT2D eigenvalue weighted by Crippen LogP contribution is 2.40. The number of hydrogen-bond donors (Lipinski definition) is 1. The van der Waals surface area contributed by atoms with Gasteiger partial charge >= 0.3 is 0 Å². The summed E-state index contributed by atoms with van der Waals surface area (Å²) in [6.07, 6.45) is 1.50. The summed E-state index contributed by atoms with van der Waals surface area (Å²) in [5, 5.41) is 3.99. The minimum absolute atomic E-state index is 0.378. The summed E-state index contributed by atoms with van der Waals surface area (Å²) >= 11 is 0. The molecule has 1 aliphatic heterocycles. The Labute approximate surface area is 156 Å². The second kappa shape index (κ2) is 8.31. The Morgan fingerprint density at radius 2 is 1.74 bits per heavy atom. The van der Waals surface area contributed by atoms with Gasteiger partial charge in [0.2, 0.25) is 5.75 Å². The highest BCUT2D eigenvalue weighted by Gasteiger charge is 2.18.